The highest BCUT2D eigenvalue weighted by Gasteiger charge is 2.07. The number of ether oxygens (including phenoxy) is 1. The Hall–Kier alpha value is -0.170. The van der Waals surface area contributed by atoms with Gasteiger partial charge >= 0.3 is 0 Å². The van der Waals surface area contributed by atoms with Gasteiger partial charge in [-0.1, -0.05) is 6.92 Å². The molecule has 0 radical (unpaired) electrons. The van der Waals surface area contributed by atoms with E-state index in [-0.39, 0.29) is 5.75 Å². The molecule has 0 aromatic rings. The van der Waals surface area contributed by atoms with Gasteiger partial charge in [-0.3, -0.25) is 0 Å². The first kappa shape index (κ1) is 14.8. The number of hydrogen-bond acceptors (Lipinski definition) is 4. The Labute approximate surface area is 92.6 Å². The molecular formula is C9H22N2O3S. The molecule has 2 N–H and O–H groups in total. The second-order valence-corrected chi connectivity index (χ2v) is 5.04. The van der Waals surface area contributed by atoms with E-state index >= 15 is 0 Å². The molecule has 92 valence electrons. The number of nitrogens with one attached hydrogen (secondary N) is 2. The highest BCUT2D eigenvalue weighted by Crippen LogP contribution is 1.88. The summed E-state index contributed by atoms with van der Waals surface area (Å²) in [5.74, 6) is 0.173. The van der Waals surface area contributed by atoms with Crippen LogP contribution in [0.15, 0.2) is 0 Å². The maximum absolute atomic E-state index is 11.4. The van der Waals surface area contributed by atoms with Gasteiger partial charge in [-0.15, -0.1) is 0 Å². The van der Waals surface area contributed by atoms with Gasteiger partial charge in [0.2, 0.25) is 10.0 Å². The lowest BCUT2D eigenvalue weighted by Gasteiger charge is -2.06. The van der Waals surface area contributed by atoms with Crippen LogP contribution in [-0.4, -0.2) is 47.0 Å². The zero-order valence-corrected chi connectivity index (χ0v) is 10.4. The minimum absolute atomic E-state index is 0.173. The van der Waals surface area contributed by atoms with Crippen molar-refractivity contribution in [2.24, 2.45) is 0 Å². The van der Waals surface area contributed by atoms with E-state index in [1.807, 2.05) is 13.8 Å². The van der Waals surface area contributed by atoms with Gasteiger partial charge < -0.3 is 10.1 Å². The highest BCUT2D eigenvalue weighted by molar-refractivity contribution is 7.89. The first-order valence-electron chi connectivity index (χ1n) is 5.38. The van der Waals surface area contributed by atoms with Crippen LogP contribution in [0, 0.1) is 0 Å². The summed E-state index contributed by atoms with van der Waals surface area (Å²) in [6, 6.07) is 0. The van der Waals surface area contributed by atoms with Crippen LogP contribution in [0.25, 0.3) is 0 Å². The number of hydrogen-bond donors (Lipinski definition) is 2. The zero-order chi connectivity index (χ0) is 11.6. The molecule has 0 aliphatic rings. The van der Waals surface area contributed by atoms with Crippen molar-refractivity contribution in [3.8, 4) is 0 Å². The standard InChI is InChI=1S/C9H22N2O3S/c1-3-10-6-5-9-15(12,13)11-7-8-14-4-2/h10-11H,3-9H2,1-2H3. The summed E-state index contributed by atoms with van der Waals surface area (Å²) in [7, 11) is -3.11. The van der Waals surface area contributed by atoms with Gasteiger partial charge in [-0.2, -0.15) is 0 Å². The van der Waals surface area contributed by atoms with Gasteiger partial charge in [0, 0.05) is 13.2 Å². The molecule has 15 heavy (non-hydrogen) atoms. The molecule has 0 aliphatic carbocycles. The minimum atomic E-state index is -3.11. The fraction of sp³-hybridized carbons (Fsp3) is 1.00. The largest absolute Gasteiger partial charge is 0.380 e. The lowest BCUT2D eigenvalue weighted by atomic mass is 10.5. The summed E-state index contributed by atoms with van der Waals surface area (Å²) in [5.41, 5.74) is 0. The van der Waals surface area contributed by atoms with Crippen molar-refractivity contribution in [1.82, 2.24) is 10.0 Å². The SMILES string of the molecule is CCNCCCS(=O)(=O)NCCOCC. The Morgan fingerprint density at radius 2 is 1.93 bits per heavy atom. The molecule has 0 fully saturated rings. The molecule has 0 aromatic heterocycles. The van der Waals surface area contributed by atoms with Crippen LogP contribution in [0.5, 0.6) is 0 Å². The molecule has 0 saturated heterocycles. The van der Waals surface area contributed by atoms with Crippen molar-refractivity contribution in [2.75, 3.05) is 38.6 Å². The monoisotopic (exact) mass is 238 g/mol. The summed E-state index contributed by atoms with van der Waals surface area (Å²) in [5, 5.41) is 3.08. The maximum atomic E-state index is 11.4. The van der Waals surface area contributed by atoms with E-state index in [1.165, 1.54) is 0 Å². The van der Waals surface area contributed by atoms with Gasteiger partial charge in [0.05, 0.1) is 12.4 Å². The van der Waals surface area contributed by atoms with Gasteiger partial charge in [0.25, 0.3) is 0 Å². The normalized spacial score (nSPS) is 11.9. The summed E-state index contributed by atoms with van der Waals surface area (Å²) < 4.78 is 30.2. The van der Waals surface area contributed by atoms with Gasteiger partial charge in [-0.25, -0.2) is 13.1 Å². The average Bonchev–Trinajstić information content (AvgIpc) is 2.20. The maximum Gasteiger partial charge on any atom is 0.211 e. The van der Waals surface area contributed by atoms with Crippen molar-refractivity contribution in [3.05, 3.63) is 0 Å². The fourth-order valence-corrected chi connectivity index (χ4v) is 2.11. The second kappa shape index (κ2) is 9.08. The van der Waals surface area contributed by atoms with E-state index in [1.54, 1.807) is 0 Å². The molecule has 0 saturated carbocycles. The lowest BCUT2D eigenvalue weighted by molar-refractivity contribution is 0.153. The quantitative estimate of drug-likeness (QED) is 0.523. The molecule has 0 atom stereocenters. The summed E-state index contributed by atoms with van der Waals surface area (Å²) in [6.07, 6.45) is 0.637. The van der Waals surface area contributed by atoms with Crippen LogP contribution in [0.3, 0.4) is 0 Å². The molecule has 0 rings (SSSR count). The third kappa shape index (κ3) is 10.1. The predicted molar refractivity (Wildman–Crippen MR) is 61.4 cm³/mol. The Balaban J connectivity index is 3.50. The van der Waals surface area contributed by atoms with E-state index in [9.17, 15) is 8.42 Å². The third-order valence-corrected chi connectivity index (χ3v) is 3.26. The van der Waals surface area contributed by atoms with E-state index in [0.717, 1.165) is 13.1 Å². The summed E-state index contributed by atoms with van der Waals surface area (Å²) in [4.78, 5) is 0. The van der Waals surface area contributed by atoms with Crippen molar-refractivity contribution in [3.63, 3.8) is 0 Å². The predicted octanol–water partition coefficient (Wildman–Crippen LogP) is -0.0581. The van der Waals surface area contributed by atoms with Gasteiger partial charge in [0.15, 0.2) is 0 Å². The first-order chi connectivity index (χ1) is 7.12. The van der Waals surface area contributed by atoms with Crippen molar-refractivity contribution in [1.29, 1.82) is 0 Å². The smallest absolute Gasteiger partial charge is 0.211 e. The first-order valence-corrected chi connectivity index (χ1v) is 7.03. The van der Waals surface area contributed by atoms with E-state index < -0.39 is 10.0 Å². The molecule has 0 aliphatic heterocycles. The Morgan fingerprint density at radius 3 is 2.53 bits per heavy atom. The van der Waals surface area contributed by atoms with E-state index in [4.69, 9.17) is 4.74 Å². The lowest BCUT2D eigenvalue weighted by Crippen LogP contribution is -2.31. The molecule has 0 unspecified atom stereocenters. The van der Waals surface area contributed by atoms with E-state index in [2.05, 4.69) is 10.0 Å². The minimum Gasteiger partial charge on any atom is -0.380 e. The second-order valence-electron chi connectivity index (χ2n) is 3.12. The molecule has 5 nitrogen and oxygen atoms in total. The van der Waals surface area contributed by atoms with Crippen LogP contribution in [0.2, 0.25) is 0 Å². The summed E-state index contributed by atoms with van der Waals surface area (Å²) in [6.45, 7) is 6.89. The van der Waals surface area contributed by atoms with Gasteiger partial charge in [0.1, 0.15) is 0 Å². The zero-order valence-electron chi connectivity index (χ0n) is 9.58. The van der Waals surface area contributed by atoms with Crippen molar-refractivity contribution in [2.45, 2.75) is 20.3 Å². The van der Waals surface area contributed by atoms with Crippen LogP contribution >= 0.6 is 0 Å². The Morgan fingerprint density at radius 1 is 1.20 bits per heavy atom. The Kier molecular flexibility index (Phi) is 8.98. The van der Waals surface area contributed by atoms with Crippen molar-refractivity contribution < 1.29 is 13.2 Å². The fourth-order valence-electron chi connectivity index (χ4n) is 1.05. The van der Waals surface area contributed by atoms with Crippen LogP contribution in [0.1, 0.15) is 20.3 Å². The van der Waals surface area contributed by atoms with Crippen molar-refractivity contribution >= 4 is 10.0 Å². The van der Waals surface area contributed by atoms with E-state index in [0.29, 0.717) is 26.2 Å². The molecule has 0 amide bonds. The molecular weight excluding hydrogens is 216 g/mol. The van der Waals surface area contributed by atoms with Crippen LogP contribution < -0.4 is 10.0 Å². The third-order valence-electron chi connectivity index (χ3n) is 1.79. The molecule has 0 spiro atoms. The number of rotatable bonds is 10. The average molecular weight is 238 g/mol. The molecule has 6 heteroatoms. The summed E-state index contributed by atoms with van der Waals surface area (Å²) >= 11 is 0. The van der Waals surface area contributed by atoms with Crippen LogP contribution in [-0.2, 0) is 14.8 Å². The number of sulfonamides is 1. The molecule has 0 bridgehead atoms. The highest BCUT2D eigenvalue weighted by atomic mass is 32.2. The van der Waals surface area contributed by atoms with Gasteiger partial charge in [-0.05, 0) is 26.4 Å². The Bertz CT molecular complexity index is 212. The van der Waals surface area contributed by atoms with Crippen LogP contribution in [0.4, 0.5) is 0 Å². The topological polar surface area (TPSA) is 67.4 Å². The molecule has 0 heterocycles. The molecule has 0 aromatic carbocycles.